The second kappa shape index (κ2) is 5.65. The van der Waals surface area contributed by atoms with Gasteiger partial charge in [-0.25, -0.2) is 4.79 Å². The van der Waals surface area contributed by atoms with Gasteiger partial charge in [0.05, 0.1) is 18.0 Å². The van der Waals surface area contributed by atoms with Crippen LogP contribution in [0.25, 0.3) is 0 Å². The number of hydrogen-bond donors (Lipinski definition) is 2. The van der Waals surface area contributed by atoms with E-state index in [4.69, 9.17) is 8.97 Å². The number of urea groups is 1. The van der Waals surface area contributed by atoms with E-state index in [1.807, 2.05) is 0 Å². The number of carbonyl (C=O) groups is 1. The third-order valence-electron chi connectivity index (χ3n) is 4.65. The minimum atomic E-state index is -4.79. The summed E-state index contributed by atoms with van der Waals surface area (Å²) >= 11 is 0. The monoisotopic (exact) mass is 359 g/mol. The number of nitrogens with one attached hydrogen (secondary N) is 1. The van der Waals surface area contributed by atoms with Crippen molar-refractivity contribution in [1.29, 1.82) is 0 Å². The van der Waals surface area contributed by atoms with E-state index < -0.39 is 22.5 Å². The lowest BCUT2D eigenvalue weighted by Crippen LogP contribution is -2.39. The summed E-state index contributed by atoms with van der Waals surface area (Å²) in [5.74, 6) is 0.496. The number of hydroxylamine groups is 2. The Kier molecular flexibility index (Phi) is 3.71. The Morgan fingerprint density at radius 2 is 2.08 bits per heavy atom. The van der Waals surface area contributed by atoms with Gasteiger partial charge in [0, 0.05) is 13.1 Å². The van der Waals surface area contributed by atoms with Crippen LogP contribution < -0.4 is 5.32 Å². The third-order valence-corrected chi connectivity index (χ3v) is 5.00. The molecule has 0 aromatic carbocycles. The molecular weight excluding hydrogens is 342 g/mol. The average Bonchev–Trinajstić information content (AvgIpc) is 3.24. The largest absolute Gasteiger partial charge is 0.423 e. The molecule has 12 heteroatoms. The molecule has 3 fully saturated rings. The summed E-state index contributed by atoms with van der Waals surface area (Å²) in [6.45, 7) is 1.59. The van der Waals surface area contributed by atoms with Crippen LogP contribution >= 0.6 is 0 Å². The highest BCUT2D eigenvalue weighted by molar-refractivity contribution is 7.80. The van der Waals surface area contributed by atoms with E-state index in [1.54, 1.807) is 0 Å². The molecule has 3 atom stereocenters. The number of hydrogen-bond acceptors (Lipinski definition) is 8. The van der Waals surface area contributed by atoms with Crippen molar-refractivity contribution in [1.82, 2.24) is 25.5 Å². The van der Waals surface area contributed by atoms with E-state index in [1.165, 1.54) is 4.90 Å². The number of nitrogens with zero attached hydrogens (tertiary/aromatic N) is 4. The zero-order valence-corrected chi connectivity index (χ0v) is 13.5. The lowest BCUT2D eigenvalue weighted by molar-refractivity contribution is -0.0393. The molecule has 3 saturated heterocycles. The smallest absolute Gasteiger partial charge is 0.418 e. The second-order valence-corrected chi connectivity index (χ2v) is 7.15. The maximum Gasteiger partial charge on any atom is 0.418 e. The van der Waals surface area contributed by atoms with E-state index in [-0.39, 0.29) is 18.5 Å². The van der Waals surface area contributed by atoms with Crippen molar-refractivity contribution in [3.63, 3.8) is 0 Å². The van der Waals surface area contributed by atoms with E-state index in [2.05, 4.69) is 19.8 Å². The third kappa shape index (κ3) is 2.75. The highest BCUT2D eigenvalue weighted by Gasteiger charge is 2.50. The number of carbonyl (C=O) groups excluding carboxylic acids is 1. The number of aromatic nitrogens is 2. The Labute approximate surface area is 137 Å². The summed E-state index contributed by atoms with van der Waals surface area (Å²) in [5, 5.41) is 12.1. The summed E-state index contributed by atoms with van der Waals surface area (Å²) in [6, 6.07) is -1.18. The molecule has 0 spiro atoms. The lowest BCUT2D eigenvalue weighted by atomic mass is 9.93. The van der Waals surface area contributed by atoms with E-state index >= 15 is 0 Å². The Morgan fingerprint density at radius 1 is 1.29 bits per heavy atom. The van der Waals surface area contributed by atoms with Gasteiger partial charge in [-0.3, -0.25) is 4.55 Å². The fraction of sp³-hybridized carbons (Fsp3) is 0.750. The second-order valence-electron chi connectivity index (χ2n) is 6.15. The summed E-state index contributed by atoms with van der Waals surface area (Å²) < 4.78 is 41.1. The van der Waals surface area contributed by atoms with Crippen molar-refractivity contribution in [3.05, 3.63) is 11.8 Å². The minimum absolute atomic E-state index is 0.0294. The SMILES string of the molecule is O=C1N2CC[C@@H](c3nnc([C@@H]4CCCN4)o3)[C@H](C2)N1OS(=O)(=O)O. The Morgan fingerprint density at radius 3 is 2.79 bits per heavy atom. The number of amides is 2. The van der Waals surface area contributed by atoms with Crippen LogP contribution in [0.1, 0.15) is 43.0 Å². The molecule has 2 amide bonds. The highest BCUT2D eigenvalue weighted by atomic mass is 32.3. The fourth-order valence-electron chi connectivity index (χ4n) is 3.53. The maximum absolute atomic E-state index is 12.1. The zero-order valence-electron chi connectivity index (χ0n) is 12.7. The predicted octanol–water partition coefficient (Wildman–Crippen LogP) is -0.178. The molecule has 11 nitrogen and oxygen atoms in total. The van der Waals surface area contributed by atoms with Gasteiger partial charge in [0.25, 0.3) is 0 Å². The number of fused-ring (bicyclic) bond motifs is 2. The number of piperidine rings is 1. The van der Waals surface area contributed by atoms with Gasteiger partial charge in [0.1, 0.15) is 0 Å². The Balaban J connectivity index is 1.58. The van der Waals surface area contributed by atoms with E-state index in [0.29, 0.717) is 29.8 Å². The molecule has 2 bridgehead atoms. The summed E-state index contributed by atoms with van der Waals surface area (Å²) in [7, 11) is -4.79. The molecule has 0 aliphatic carbocycles. The molecule has 0 unspecified atom stereocenters. The first-order valence-corrected chi connectivity index (χ1v) is 9.11. The number of rotatable bonds is 4. The van der Waals surface area contributed by atoms with Gasteiger partial charge in [0.15, 0.2) is 0 Å². The molecule has 2 N–H and O–H groups in total. The molecule has 0 saturated carbocycles. The standard InChI is InChI=1S/C12H17N5O6S/c18-12-16-5-3-7(9(6-16)17(12)23-24(19,20)21)10-14-15-11(22-10)8-2-1-4-13-8/h7-9,13H,1-6H2,(H,19,20,21)/t7-,8+,9+/m1/s1. The van der Waals surface area contributed by atoms with Crippen LogP contribution in [0.4, 0.5) is 4.79 Å². The predicted molar refractivity (Wildman–Crippen MR) is 76.9 cm³/mol. The average molecular weight is 359 g/mol. The summed E-state index contributed by atoms with van der Waals surface area (Å²) in [4.78, 5) is 13.6. The van der Waals surface area contributed by atoms with Crippen LogP contribution in [0.3, 0.4) is 0 Å². The highest BCUT2D eigenvalue weighted by Crippen LogP contribution is 2.37. The van der Waals surface area contributed by atoms with Crippen molar-refractivity contribution in [2.24, 2.45) is 0 Å². The van der Waals surface area contributed by atoms with Gasteiger partial charge in [-0.1, -0.05) is 0 Å². The molecule has 132 valence electrons. The quantitative estimate of drug-likeness (QED) is 0.701. The van der Waals surface area contributed by atoms with Crippen LogP contribution in [-0.4, -0.2) is 64.8 Å². The van der Waals surface area contributed by atoms with Gasteiger partial charge >= 0.3 is 16.4 Å². The van der Waals surface area contributed by atoms with Crippen LogP contribution in [0.2, 0.25) is 0 Å². The lowest BCUT2D eigenvalue weighted by Gasteiger charge is -2.27. The molecule has 1 aromatic heterocycles. The molecule has 0 radical (unpaired) electrons. The van der Waals surface area contributed by atoms with Gasteiger partial charge in [-0.15, -0.1) is 14.5 Å². The zero-order chi connectivity index (χ0) is 16.9. The maximum atomic E-state index is 12.1. The van der Waals surface area contributed by atoms with Crippen LogP contribution in [-0.2, 0) is 14.7 Å². The summed E-state index contributed by atoms with van der Waals surface area (Å²) in [6.07, 6.45) is 2.50. The Hall–Kier alpha value is -1.76. The molecule has 4 rings (SSSR count). The van der Waals surface area contributed by atoms with Crippen LogP contribution in [0.15, 0.2) is 4.42 Å². The topological polar surface area (TPSA) is 138 Å². The molecule has 24 heavy (non-hydrogen) atoms. The van der Waals surface area contributed by atoms with Crippen molar-refractivity contribution in [2.75, 3.05) is 19.6 Å². The molecule has 3 aliphatic rings. The van der Waals surface area contributed by atoms with Crippen LogP contribution in [0, 0.1) is 0 Å². The van der Waals surface area contributed by atoms with Crippen molar-refractivity contribution in [2.45, 2.75) is 37.3 Å². The molecular formula is C12H17N5O6S. The van der Waals surface area contributed by atoms with Crippen LogP contribution in [0.5, 0.6) is 0 Å². The molecule has 1 aromatic rings. The van der Waals surface area contributed by atoms with Gasteiger partial charge in [0.2, 0.25) is 11.8 Å². The van der Waals surface area contributed by atoms with Gasteiger partial charge in [-0.2, -0.15) is 13.5 Å². The molecule has 4 heterocycles. The first-order valence-electron chi connectivity index (χ1n) is 7.74. The molecule has 3 aliphatic heterocycles. The first-order chi connectivity index (χ1) is 11.4. The normalized spacial score (nSPS) is 30.4. The van der Waals surface area contributed by atoms with Crippen molar-refractivity contribution >= 4 is 16.4 Å². The van der Waals surface area contributed by atoms with Crippen molar-refractivity contribution < 1.29 is 26.5 Å². The van der Waals surface area contributed by atoms with E-state index in [9.17, 15) is 13.2 Å². The first kappa shape index (κ1) is 15.7. The van der Waals surface area contributed by atoms with E-state index in [0.717, 1.165) is 19.4 Å². The summed E-state index contributed by atoms with van der Waals surface area (Å²) in [5.41, 5.74) is 0. The van der Waals surface area contributed by atoms with Gasteiger partial charge < -0.3 is 14.6 Å². The van der Waals surface area contributed by atoms with Crippen molar-refractivity contribution in [3.8, 4) is 0 Å². The Bertz CT molecular complexity index is 745. The van der Waals surface area contributed by atoms with Gasteiger partial charge in [-0.05, 0) is 25.8 Å². The minimum Gasteiger partial charge on any atom is -0.423 e. The fourth-order valence-corrected chi connectivity index (χ4v) is 3.91.